The number of halogens is 2. The molecule has 2 aromatic rings. The van der Waals surface area contributed by atoms with E-state index in [-0.39, 0.29) is 0 Å². The Morgan fingerprint density at radius 3 is 2.95 bits per heavy atom. The van der Waals surface area contributed by atoms with E-state index in [1.165, 1.54) is 0 Å². The zero-order chi connectivity index (χ0) is 14.4. The predicted molar refractivity (Wildman–Crippen MR) is 80.6 cm³/mol. The lowest BCUT2D eigenvalue weighted by atomic mass is 10.4. The number of rotatable bonds is 6. The fourth-order valence-electron chi connectivity index (χ4n) is 1.45. The van der Waals surface area contributed by atoms with Gasteiger partial charge in [0.15, 0.2) is 0 Å². The molecular weight excluding hydrogens is 346 g/mol. The third-order valence-electron chi connectivity index (χ3n) is 2.36. The van der Waals surface area contributed by atoms with Crippen molar-refractivity contribution in [2.24, 2.45) is 7.05 Å². The van der Waals surface area contributed by atoms with Gasteiger partial charge in [-0.1, -0.05) is 17.7 Å². The monoisotopic (exact) mass is 357 g/mol. The first-order valence-electron chi connectivity index (χ1n) is 5.88. The Hall–Kier alpha value is -1.53. The van der Waals surface area contributed by atoms with E-state index >= 15 is 0 Å². The van der Waals surface area contributed by atoms with Crippen LogP contribution in [0.5, 0.6) is 5.88 Å². The number of hydrogen-bond donors (Lipinski definition) is 0. The van der Waals surface area contributed by atoms with Gasteiger partial charge >= 0.3 is 0 Å². The second kappa shape index (κ2) is 7.31. The lowest BCUT2D eigenvalue weighted by molar-refractivity contribution is 0.176. The zero-order valence-electron chi connectivity index (χ0n) is 10.8. The minimum Gasteiger partial charge on any atom is -0.498 e. The molecule has 0 aliphatic rings. The quantitative estimate of drug-likeness (QED) is 0.452. The maximum atomic E-state index is 5.75. The van der Waals surface area contributed by atoms with Crippen LogP contribution in [0.25, 0.3) is 6.08 Å². The summed E-state index contributed by atoms with van der Waals surface area (Å²) in [6.07, 6.45) is 3.44. The van der Waals surface area contributed by atoms with Crippen molar-refractivity contribution in [2.45, 2.75) is 0 Å². The van der Waals surface area contributed by atoms with Crippen molar-refractivity contribution in [3.63, 3.8) is 0 Å². The highest BCUT2D eigenvalue weighted by Gasteiger charge is 1.98. The Labute approximate surface area is 130 Å². The minimum absolute atomic E-state index is 0.396. The maximum absolute atomic E-state index is 5.75. The third kappa shape index (κ3) is 4.54. The Kier molecular flexibility index (Phi) is 5.43. The van der Waals surface area contributed by atoms with E-state index < -0.39 is 0 Å². The summed E-state index contributed by atoms with van der Waals surface area (Å²) in [4.78, 5) is 4.01. The summed E-state index contributed by atoms with van der Waals surface area (Å²) in [6, 6.07) is 7.12. The smallest absolute Gasteiger partial charge is 0.214 e. The largest absolute Gasteiger partial charge is 0.498 e. The van der Waals surface area contributed by atoms with Gasteiger partial charge in [-0.15, -0.1) is 0 Å². The van der Waals surface area contributed by atoms with Gasteiger partial charge in [0.05, 0.1) is 12.0 Å². The first-order valence-corrected chi connectivity index (χ1v) is 7.05. The topological polar surface area (TPSA) is 49.2 Å². The van der Waals surface area contributed by atoms with Crippen LogP contribution in [-0.4, -0.2) is 28.0 Å². The predicted octanol–water partition coefficient (Wildman–Crippen LogP) is 3.30. The molecule has 5 nitrogen and oxygen atoms in total. The molecule has 2 aromatic heterocycles. The highest BCUT2D eigenvalue weighted by atomic mass is 79.9. The highest BCUT2D eigenvalue weighted by Crippen LogP contribution is 2.12. The van der Waals surface area contributed by atoms with Gasteiger partial charge in [0.2, 0.25) is 5.88 Å². The molecule has 0 unspecified atom stereocenters. The molecule has 2 heterocycles. The molecule has 0 amide bonds. The average Bonchev–Trinajstić information content (AvgIpc) is 2.72. The molecule has 0 bridgehead atoms. The zero-order valence-corrected chi connectivity index (χ0v) is 13.1. The lowest BCUT2D eigenvalue weighted by Gasteiger charge is -2.04. The molecule has 0 spiro atoms. The van der Waals surface area contributed by atoms with Crippen molar-refractivity contribution < 1.29 is 9.47 Å². The van der Waals surface area contributed by atoms with Crippen molar-refractivity contribution in [3.8, 4) is 5.88 Å². The van der Waals surface area contributed by atoms with Gasteiger partial charge in [0, 0.05) is 13.1 Å². The maximum Gasteiger partial charge on any atom is 0.214 e. The van der Waals surface area contributed by atoms with Gasteiger partial charge in [0.1, 0.15) is 23.0 Å². The van der Waals surface area contributed by atoms with Crippen molar-refractivity contribution in [1.29, 1.82) is 0 Å². The summed E-state index contributed by atoms with van der Waals surface area (Å²) in [5.74, 6) is 0.487. The molecule has 0 radical (unpaired) electrons. The Morgan fingerprint density at radius 2 is 2.25 bits per heavy atom. The van der Waals surface area contributed by atoms with E-state index in [0.717, 1.165) is 10.3 Å². The summed E-state index contributed by atoms with van der Waals surface area (Å²) in [7, 11) is 1.86. The van der Waals surface area contributed by atoms with E-state index in [0.29, 0.717) is 24.2 Å². The van der Waals surface area contributed by atoms with E-state index in [4.69, 9.17) is 21.1 Å². The normalized spacial score (nSPS) is 10.9. The first-order chi connectivity index (χ1) is 9.65. The summed E-state index contributed by atoms with van der Waals surface area (Å²) < 4.78 is 13.3. The van der Waals surface area contributed by atoms with Gasteiger partial charge in [0.25, 0.3) is 0 Å². The van der Waals surface area contributed by atoms with Crippen molar-refractivity contribution in [1.82, 2.24) is 14.8 Å². The molecule has 0 atom stereocenters. The van der Waals surface area contributed by atoms with Crippen LogP contribution in [0.3, 0.4) is 0 Å². The second-order valence-corrected chi connectivity index (χ2v) is 5.04. The van der Waals surface area contributed by atoms with Crippen molar-refractivity contribution >= 4 is 33.6 Å². The van der Waals surface area contributed by atoms with Crippen LogP contribution in [0.1, 0.15) is 5.69 Å². The molecule has 0 N–H and O–H groups in total. The number of hydrogen-bond acceptors (Lipinski definition) is 4. The SMILES string of the molecule is Cn1nc(Br)cc1/C=C/OCCOc1cccc(Cl)n1. The molecule has 7 heteroatoms. The standard InChI is InChI=1S/C13H13BrClN3O2/c1-18-10(9-11(14)17-18)5-6-19-7-8-20-13-4-2-3-12(15)16-13/h2-6,9H,7-8H2,1H3/b6-5+. The molecule has 2 rings (SSSR count). The summed E-state index contributed by atoms with van der Waals surface area (Å²) in [5, 5.41) is 4.56. The average molecular weight is 359 g/mol. The van der Waals surface area contributed by atoms with E-state index in [9.17, 15) is 0 Å². The molecule has 106 valence electrons. The molecule has 20 heavy (non-hydrogen) atoms. The van der Waals surface area contributed by atoms with Crippen LogP contribution in [0.2, 0.25) is 5.15 Å². The van der Waals surface area contributed by atoms with Gasteiger partial charge in [-0.2, -0.15) is 5.10 Å². The van der Waals surface area contributed by atoms with E-state index in [2.05, 4.69) is 26.0 Å². The van der Waals surface area contributed by atoms with Gasteiger partial charge in [-0.05, 0) is 34.1 Å². The molecule has 0 saturated heterocycles. The third-order valence-corrected chi connectivity index (χ3v) is 2.96. The van der Waals surface area contributed by atoms with E-state index in [1.54, 1.807) is 29.1 Å². The molecule has 0 aromatic carbocycles. The summed E-state index contributed by atoms with van der Waals surface area (Å²) >= 11 is 9.05. The molecule has 0 aliphatic carbocycles. The minimum atomic E-state index is 0.396. The second-order valence-electron chi connectivity index (χ2n) is 3.84. The fourth-order valence-corrected chi connectivity index (χ4v) is 2.08. The molecule has 0 aliphatic heterocycles. The van der Waals surface area contributed by atoms with Crippen LogP contribution < -0.4 is 4.74 Å². The fraction of sp³-hybridized carbons (Fsp3) is 0.231. The van der Waals surface area contributed by atoms with Crippen LogP contribution >= 0.6 is 27.5 Å². The summed E-state index contributed by atoms with van der Waals surface area (Å²) in [6.45, 7) is 0.816. The van der Waals surface area contributed by atoms with Crippen LogP contribution in [0.4, 0.5) is 0 Å². The number of aromatic nitrogens is 3. The van der Waals surface area contributed by atoms with Crippen molar-refractivity contribution in [2.75, 3.05) is 13.2 Å². The molecular formula is C13H13BrClN3O2. The van der Waals surface area contributed by atoms with Crippen molar-refractivity contribution in [3.05, 3.63) is 46.0 Å². The first kappa shape index (κ1) is 14.9. The summed E-state index contributed by atoms with van der Waals surface area (Å²) in [5.41, 5.74) is 0.939. The number of ether oxygens (including phenoxy) is 2. The van der Waals surface area contributed by atoms with Gasteiger partial charge in [-0.25, -0.2) is 4.98 Å². The van der Waals surface area contributed by atoms with Crippen LogP contribution in [-0.2, 0) is 11.8 Å². The number of nitrogens with zero attached hydrogens (tertiary/aromatic N) is 3. The lowest BCUT2D eigenvalue weighted by Crippen LogP contribution is -2.05. The van der Waals surface area contributed by atoms with Gasteiger partial charge < -0.3 is 9.47 Å². The van der Waals surface area contributed by atoms with E-state index in [1.807, 2.05) is 19.2 Å². The number of aryl methyl sites for hydroxylation is 1. The Morgan fingerprint density at radius 1 is 1.40 bits per heavy atom. The Bertz CT molecular complexity index is 601. The highest BCUT2D eigenvalue weighted by molar-refractivity contribution is 9.10. The molecule has 0 saturated carbocycles. The van der Waals surface area contributed by atoms with Crippen LogP contribution in [0.15, 0.2) is 35.1 Å². The number of pyridine rings is 1. The Balaban J connectivity index is 1.70. The molecule has 0 fully saturated rings. The van der Waals surface area contributed by atoms with Crippen LogP contribution in [0, 0.1) is 0 Å². The van der Waals surface area contributed by atoms with Gasteiger partial charge in [-0.3, -0.25) is 4.68 Å².